The van der Waals surface area contributed by atoms with Gasteiger partial charge in [0.05, 0.1) is 5.70 Å². The van der Waals surface area contributed by atoms with Gasteiger partial charge >= 0.3 is 0 Å². The van der Waals surface area contributed by atoms with Crippen molar-refractivity contribution < 1.29 is 0 Å². The maximum absolute atomic E-state index is 5.93. The van der Waals surface area contributed by atoms with E-state index in [-0.39, 0.29) is 0 Å². The molecule has 0 spiro atoms. The van der Waals surface area contributed by atoms with Gasteiger partial charge in [0, 0.05) is 12.2 Å². The van der Waals surface area contributed by atoms with Crippen molar-refractivity contribution in [3.05, 3.63) is 23.5 Å². The fourth-order valence-corrected chi connectivity index (χ4v) is 1.10. The Morgan fingerprint density at radius 3 is 2.47 bits per heavy atom. The van der Waals surface area contributed by atoms with Crippen LogP contribution in [-0.4, -0.2) is 11.9 Å². The van der Waals surface area contributed by atoms with Gasteiger partial charge in [0.1, 0.15) is 5.84 Å². The van der Waals surface area contributed by atoms with Crippen molar-refractivity contribution >= 4 is 5.84 Å². The summed E-state index contributed by atoms with van der Waals surface area (Å²) in [6, 6.07) is 0.341. The monoisotopic (exact) mass is 238 g/mol. The number of amidine groups is 1. The number of nitrogens with one attached hydrogen (secondary N) is 2. The molecule has 0 saturated carbocycles. The lowest BCUT2D eigenvalue weighted by molar-refractivity contribution is 0.528. The van der Waals surface area contributed by atoms with Crippen molar-refractivity contribution in [1.82, 2.24) is 10.9 Å². The standard InChI is InChI=1S/C13H26N4/c1-6-7-8-9-15-13(14)12(10(2)3)17-16-11(4)5/h8-9,11,16-17H,6-7H2,1-5H3,(H2,14,15)/b9-8+. The lowest BCUT2D eigenvalue weighted by Gasteiger charge is -2.15. The number of hydrogen-bond acceptors (Lipinski definition) is 3. The van der Waals surface area contributed by atoms with Crippen LogP contribution in [0.15, 0.2) is 28.5 Å². The molecule has 17 heavy (non-hydrogen) atoms. The van der Waals surface area contributed by atoms with Crippen molar-refractivity contribution in [3.63, 3.8) is 0 Å². The molecule has 0 unspecified atom stereocenters. The first-order chi connectivity index (χ1) is 7.99. The third kappa shape index (κ3) is 7.58. The molecule has 0 rings (SSSR count). The van der Waals surface area contributed by atoms with Gasteiger partial charge in [0.15, 0.2) is 0 Å². The quantitative estimate of drug-likeness (QED) is 0.363. The van der Waals surface area contributed by atoms with E-state index in [1.165, 1.54) is 0 Å². The number of hydrogen-bond donors (Lipinski definition) is 3. The summed E-state index contributed by atoms with van der Waals surface area (Å²) in [5.41, 5.74) is 14.1. The number of aliphatic imine (C=N–C) groups is 1. The van der Waals surface area contributed by atoms with Crippen LogP contribution >= 0.6 is 0 Å². The summed E-state index contributed by atoms with van der Waals surface area (Å²) in [5, 5.41) is 0. The lowest BCUT2D eigenvalue weighted by Crippen LogP contribution is -2.41. The highest BCUT2D eigenvalue weighted by molar-refractivity contribution is 5.97. The fourth-order valence-electron chi connectivity index (χ4n) is 1.10. The molecule has 4 heteroatoms. The zero-order chi connectivity index (χ0) is 13.3. The summed E-state index contributed by atoms with van der Waals surface area (Å²) in [7, 11) is 0. The Kier molecular flexibility index (Phi) is 8.15. The third-order valence-electron chi connectivity index (χ3n) is 2.02. The van der Waals surface area contributed by atoms with Gasteiger partial charge in [-0.1, -0.05) is 19.4 Å². The van der Waals surface area contributed by atoms with Gasteiger partial charge in [0.2, 0.25) is 0 Å². The molecule has 0 aromatic rings. The molecule has 0 aliphatic carbocycles. The second-order valence-corrected chi connectivity index (χ2v) is 4.49. The van der Waals surface area contributed by atoms with E-state index in [0.29, 0.717) is 11.9 Å². The van der Waals surface area contributed by atoms with Crippen LogP contribution in [0.25, 0.3) is 0 Å². The smallest absolute Gasteiger partial charge is 0.148 e. The molecule has 4 nitrogen and oxygen atoms in total. The molecule has 0 aromatic heterocycles. The minimum absolute atomic E-state index is 0.341. The molecule has 0 aliphatic rings. The van der Waals surface area contributed by atoms with Gasteiger partial charge in [-0.15, -0.1) is 0 Å². The van der Waals surface area contributed by atoms with Gasteiger partial charge in [-0.05, 0) is 39.7 Å². The second-order valence-electron chi connectivity index (χ2n) is 4.49. The molecule has 0 atom stereocenters. The Bertz CT molecular complexity index is 297. The van der Waals surface area contributed by atoms with E-state index in [2.05, 4.69) is 36.6 Å². The van der Waals surface area contributed by atoms with E-state index in [1.54, 1.807) is 6.20 Å². The van der Waals surface area contributed by atoms with E-state index in [1.807, 2.05) is 19.9 Å². The highest BCUT2D eigenvalue weighted by Gasteiger charge is 2.04. The van der Waals surface area contributed by atoms with Crippen LogP contribution in [0, 0.1) is 0 Å². The Balaban J connectivity index is 4.56. The molecule has 98 valence electrons. The Morgan fingerprint density at radius 2 is 2.00 bits per heavy atom. The molecule has 0 heterocycles. The predicted molar refractivity (Wildman–Crippen MR) is 75.5 cm³/mol. The predicted octanol–water partition coefficient (Wildman–Crippen LogP) is 2.45. The van der Waals surface area contributed by atoms with Gasteiger partial charge in [-0.2, -0.15) is 0 Å². The Labute approximate surface area is 105 Å². The molecule has 4 N–H and O–H groups in total. The average molecular weight is 238 g/mol. The fraction of sp³-hybridized carbons (Fsp3) is 0.615. The van der Waals surface area contributed by atoms with Crippen LogP contribution < -0.4 is 16.6 Å². The van der Waals surface area contributed by atoms with E-state index in [9.17, 15) is 0 Å². The lowest BCUT2D eigenvalue weighted by atomic mass is 10.2. The summed E-state index contributed by atoms with van der Waals surface area (Å²) >= 11 is 0. The summed E-state index contributed by atoms with van der Waals surface area (Å²) in [6.07, 6.45) is 5.93. The first kappa shape index (κ1) is 15.7. The van der Waals surface area contributed by atoms with Crippen molar-refractivity contribution in [2.24, 2.45) is 10.7 Å². The molecule has 0 saturated heterocycles. The van der Waals surface area contributed by atoms with Crippen molar-refractivity contribution in [2.45, 2.75) is 53.5 Å². The molecule has 0 aliphatic heterocycles. The molecular weight excluding hydrogens is 212 g/mol. The zero-order valence-electron chi connectivity index (χ0n) is 11.7. The van der Waals surface area contributed by atoms with Gasteiger partial charge in [-0.25, -0.2) is 10.4 Å². The number of rotatable bonds is 7. The van der Waals surface area contributed by atoms with Crippen LogP contribution in [0.5, 0.6) is 0 Å². The normalized spacial score (nSPS) is 12.2. The van der Waals surface area contributed by atoms with Crippen molar-refractivity contribution in [1.29, 1.82) is 0 Å². The van der Waals surface area contributed by atoms with Crippen LogP contribution in [0.1, 0.15) is 47.5 Å². The molecule has 0 bridgehead atoms. The first-order valence-electron chi connectivity index (χ1n) is 6.16. The minimum atomic E-state index is 0.341. The van der Waals surface area contributed by atoms with E-state index < -0.39 is 0 Å². The van der Waals surface area contributed by atoms with Gasteiger partial charge < -0.3 is 11.2 Å². The maximum Gasteiger partial charge on any atom is 0.148 e. The van der Waals surface area contributed by atoms with Crippen molar-refractivity contribution in [3.8, 4) is 0 Å². The molecule has 0 radical (unpaired) electrons. The summed E-state index contributed by atoms with van der Waals surface area (Å²) in [4.78, 5) is 4.21. The molecule has 0 amide bonds. The van der Waals surface area contributed by atoms with Crippen LogP contribution in [0.2, 0.25) is 0 Å². The van der Waals surface area contributed by atoms with E-state index in [4.69, 9.17) is 5.73 Å². The summed E-state index contributed by atoms with van der Waals surface area (Å²) < 4.78 is 0. The third-order valence-corrected chi connectivity index (χ3v) is 2.02. The number of unbranched alkanes of at least 4 members (excludes halogenated alkanes) is 1. The highest BCUT2D eigenvalue weighted by atomic mass is 15.4. The number of nitrogens with two attached hydrogens (primary N) is 1. The first-order valence-corrected chi connectivity index (χ1v) is 6.16. The van der Waals surface area contributed by atoms with Crippen molar-refractivity contribution in [2.75, 3.05) is 0 Å². The number of hydrazine groups is 1. The largest absolute Gasteiger partial charge is 0.382 e. The van der Waals surface area contributed by atoms with Gasteiger partial charge in [-0.3, -0.25) is 0 Å². The molecular formula is C13H26N4. The SMILES string of the molecule is CCC/C=C/N=C(/N)C(NNC(C)C)=C(C)C. The van der Waals surface area contributed by atoms with Gasteiger partial charge in [0.25, 0.3) is 0 Å². The van der Waals surface area contributed by atoms with E-state index >= 15 is 0 Å². The number of allylic oxidation sites excluding steroid dienone is 2. The minimum Gasteiger partial charge on any atom is -0.382 e. The zero-order valence-corrected chi connectivity index (χ0v) is 11.7. The second kappa shape index (κ2) is 8.82. The maximum atomic E-state index is 5.93. The van der Waals surface area contributed by atoms with Crippen LogP contribution in [0.4, 0.5) is 0 Å². The summed E-state index contributed by atoms with van der Waals surface area (Å²) in [5.74, 6) is 0.505. The Morgan fingerprint density at radius 1 is 1.35 bits per heavy atom. The summed E-state index contributed by atoms with van der Waals surface area (Å²) in [6.45, 7) is 10.3. The van der Waals surface area contributed by atoms with Crippen LogP contribution in [-0.2, 0) is 0 Å². The number of nitrogens with zero attached hydrogens (tertiary/aromatic N) is 1. The Hall–Kier alpha value is -1.29. The topological polar surface area (TPSA) is 62.4 Å². The highest BCUT2D eigenvalue weighted by Crippen LogP contribution is 2.00. The molecule has 0 fully saturated rings. The molecule has 0 aromatic carbocycles. The average Bonchev–Trinajstić information content (AvgIpc) is 2.23. The van der Waals surface area contributed by atoms with Crippen LogP contribution in [0.3, 0.4) is 0 Å². The van der Waals surface area contributed by atoms with E-state index in [0.717, 1.165) is 24.1 Å².